The first-order valence-electron chi connectivity index (χ1n) is 5.91. The number of hydrogen-bond donors (Lipinski definition) is 1. The van der Waals surface area contributed by atoms with Gasteiger partial charge >= 0.3 is 5.97 Å². The minimum Gasteiger partial charge on any atom is -0.478 e. The zero-order chi connectivity index (χ0) is 14.5. The van der Waals surface area contributed by atoms with Crippen LogP contribution < -0.4 is 0 Å². The molecule has 0 aliphatic rings. The third-order valence-electron chi connectivity index (χ3n) is 2.78. The van der Waals surface area contributed by atoms with Crippen molar-refractivity contribution in [3.8, 4) is 0 Å². The fraction of sp³-hybridized carbons (Fsp3) is 0.133. The minimum absolute atomic E-state index is 0.291. The molecule has 1 N–H and O–H groups in total. The van der Waals surface area contributed by atoms with Gasteiger partial charge in [0.1, 0.15) is 5.82 Å². The topological polar surface area (TPSA) is 37.3 Å². The Morgan fingerprint density at radius 1 is 1.10 bits per heavy atom. The SMILES string of the molecule is O=C(O)c1cccc(CSCc2ccccc2Cl)c1F. The summed E-state index contributed by atoms with van der Waals surface area (Å²) in [6, 6.07) is 11.9. The summed E-state index contributed by atoms with van der Waals surface area (Å²) in [5.41, 5.74) is 1.08. The summed E-state index contributed by atoms with van der Waals surface area (Å²) in [6.45, 7) is 0. The summed E-state index contributed by atoms with van der Waals surface area (Å²) < 4.78 is 13.9. The minimum atomic E-state index is -1.25. The molecule has 0 aliphatic heterocycles. The van der Waals surface area contributed by atoms with Crippen molar-refractivity contribution in [2.45, 2.75) is 11.5 Å². The van der Waals surface area contributed by atoms with E-state index in [2.05, 4.69) is 0 Å². The van der Waals surface area contributed by atoms with Gasteiger partial charge in [0.15, 0.2) is 0 Å². The van der Waals surface area contributed by atoms with Crippen LogP contribution in [0.2, 0.25) is 5.02 Å². The van der Waals surface area contributed by atoms with Gasteiger partial charge in [-0.05, 0) is 23.3 Å². The highest BCUT2D eigenvalue weighted by atomic mass is 35.5. The number of carboxylic acids is 1. The van der Waals surface area contributed by atoms with Crippen molar-refractivity contribution in [2.24, 2.45) is 0 Å². The number of hydrogen-bond acceptors (Lipinski definition) is 2. The molecule has 0 radical (unpaired) electrons. The Labute approximate surface area is 125 Å². The van der Waals surface area contributed by atoms with Crippen LogP contribution in [-0.4, -0.2) is 11.1 Å². The summed E-state index contributed by atoms with van der Waals surface area (Å²) in [4.78, 5) is 10.8. The Morgan fingerprint density at radius 3 is 2.45 bits per heavy atom. The lowest BCUT2D eigenvalue weighted by molar-refractivity contribution is 0.0691. The summed E-state index contributed by atoms with van der Waals surface area (Å²) in [7, 11) is 0. The summed E-state index contributed by atoms with van der Waals surface area (Å²) in [5.74, 6) is -0.860. The van der Waals surface area contributed by atoms with Crippen LogP contribution in [0, 0.1) is 5.82 Å². The Balaban J connectivity index is 2.03. The molecule has 0 spiro atoms. The number of benzene rings is 2. The number of carboxylic acid groups (broad SMARTS) is 1. The highest BCUT2D eigenvalue weighted by molar-refractivity contribution is 7.97. The molecule has 0 aliphatic carbocycles. The lowest BCUT2D eigenvalue weighted by Gasteiger charge is -2.07. The molecule has 5 heteroatoms. The van der Waals surface area contributed by atoms with Crippen LogP contribution in [-0.2, 0) is 11.5 Å². The van der Waals surface area contributed by atoms with Crippen molar-refractivity contribution in [3.63, 3.8) is 0 Å². The van der Waals surface area contributed by atoms with Gasteiger partial charge in [-0.25, -0.2) is 9.18 Å². The van der Waals surface area contributed by atoms with E-state index in [0.29, 0.717) is 22.1 Å². The van der Waals surface area contributed by atoms with E-state index in [9.17, 15) is 9.18 Å². The predicted octanol–water partition coefficient (Wildman–Crippen LogP) is 4.61. The molecule has 2 aromatic carbocycles. The van der Waals surface area contributed by atoms with Gasteiger partial charge in [-0.3, -0.25) is 0 Å². The van der Waals surface area contributed by atoms with Crippen LogP contribution in [0.5, 0.6) is 0 Å². The van der Waals surface area contributed by atoms with Crippen molar-refractivity contribution in [1.29, 1.82) is 0 Å². The molecular weight excluding hydrogens is 299 g/mol. The molecule has 0 amide bonds. The second kappa shape index (κ2) is 6.77. The van der Waals surface area contributed by atoms with Gasteiger partial charge < -0.3 is 5.11 Å². The van der Waals surface area contributed by atoms with Gasteiger partial charge in [-0.15, -0.1) is 0 Å². The van der Waals surface area contributed by atoms with Crippen LogP contribution in [0.3, 0.4) is 0 Å². The molecule has 20 heavy (non-hydrogen) atoms. The lowest BCUT2D eigenvalue weighted by Crippen LogP contribution is -2.03. The van der Waals surface area contributed by atoms with Crippen molar-refractivity contribution in [3.05, 3.63) is 70.0 Å². The van der Waals surface area contributed by atoms with Crippen LogP contribution in [0.25, 0.3) is 0 Å². The third kappa shape index (κ3) is 3.52. The fourth-order valence-electron chi connectivity index (χ4n) is 1.74. The molecule has 0 bridgehead atoms. The smallest absolute Gasteiger partial charge is 0.338 e. The predicted molar refractivity (Wildman–Crippen MR) is 79.8 cm³/mol. The molecule has 2 aromatic rings. The van der Waals surface area contributed by atoms with E-state index in [1.165, 1.54) is 17.8 Å². The number of aromatic carboxylic acids is 1. The van der Waals surface area contributed by atoms with Crippen LogP contribution in [0.4, 0.5) is 4.39 Å². The zero-order valence-electron chi connectivity index (χ0n) is 10.5. The summed E-state index contributed by atoms with van der Waals surface area (Å²) in [5, 5.41) is 9.55. The summed E-state index contributed by atoms with van der Waals surface area (Å²) in [6.07, 6.45) is 0. The molecule has 0 aromatic heterocycles. The maximum atomic E-state index is 13.9. The molecule has 0 saturated carbocycles. The second-order valence-corrected chi connectivity index (χ2v) is 5.56. The van der Waals surface area contributed by atoms with Crippen molar-refractivity contribution >= 4 is 29.3 Å². The van der Waals surface area contributed by atoms with Gasteiger partial charge in [0, 0.05) is 16.5 Å². The lowest BCUT2D eigenvalue weighted by atomic mass is 10.1. The normalized spacial score (nSPS) is 10.5. The molecule has 2 nitrogen and oxygen atoms in total. The first-order chi connectivity index (χ1) is 9.59. The van der Waals surface area contributed by atoms with E-state index >= 15 is 0 Å². The van der Waals surface area contributed by atoms with Crippen molar-refractivity contribution in [2.75, 3.05) is 0 Å². The number of rotatable bonds is 5. The highest BCUT2D eigenvalue weighted by Gasteiger charge is 2.13. The Morgan fingerprint density at radius 2 is 1.75 bits per heavy atom. The standard InChI is InChI=1S/C15H12ClFO2S/c16-13-7-2-1-4-10(13)8-20-9-11-5-3-6-12(14(11)17)15(18)19/h1-7H,8-9H2,(H,18,19). The van der Waals surface area contributed by atoms with Crippen molar-refractivity contribution < 1.29 is 14.3 Å². The number of halogens is 2. The quantitative estimate of drug-likeness (QED) is 0.876. The second-order valence-electron chi connectivity index (χ2n) is 4.17. The average Bonchev–Trinajstić information content (AvgIpc) is 2.42. The number of carbonyl (C=O) groups is 1. The fourth-order valence-corrected chi connectivity index (χ4v) is 3.04. The van der Waals surface area contributed by atoms with Gasteiger partial charge in [0.25, 0.3) is 0 Å². The van der Waals surface area contributed by atoms with Crippen LogP contribution >= 0.6 is 23.4 Å². The Hall–Kier alpha value is -1.52. The van der Waals surface area contributed by atoms with Gasteiger partial charge in [-0.2, -0.15) is 11.8 Å². The monoisotopic (exact) mass is 310 g/mol. The van der Waals surface area contributed by atoms with E-state index < -0.39 is 11.8 Å². The molecule has 0 unspecified atom stereocenters. The highest BCUT2D eigenvalue weighted by Crippen LogP contribution is 2.25. The maximum absolute atomic E-state index is 13.9. The van der Waals surface area contributed by atoms with Crippen LogP contribution in [0.1, 0.15) is 21.5 Å². The largest absolute Gasteiger partial charge is 0.478 e. The van der Waals surface area contributed by atoms with Gasteiger partial charge in [0.2, 0.25) is 0 Å². The van der Waals surface area contributed by atoms with Gasteiger partial charge in [0.05, 0.1) is 5.56 Å². The first-order valence-corrected chi connectivity index (χ1v) is 7.44. The first kappa shape index (κ1) is 14.9. The molecule has 0 saturated heterocycles. The number of thioether (sulfide) groups is 1. The molecule has 0 atom stereocenters. The average molecular weight is 311 g/mol. The van der Waals surface area contributed by atoms with E-state index in [0.717, 1.165) is 5.56 Å². The van der Waals surface area contributed by atoms with E-state index in [1.807, 2.05) is 24.3 Å². The van der Waals surface area contributed by atoms with E-state index in [1.54, 1.807) is 12.1 Å². The molecular formula is C15H12ClFO2S. The van der Waals surface area contributed by atoms with E-state index in [-0.39, 0.29) is 5.56 Å². The Bertz CT molecular complexity index is 631. The van der Waals surface area contributed by atoms with Gasteiger partial charge in [-0.1, -0.05) is 41.9 Å². The maximum Gasteiger partial charge on any atom is 0.338 e. The van der Waals surface area contributed by atoms with Crippen LogP contribution in [0.15, 0.2) is 42.5 Å². The molecule has 0 fully saturated rings. The summed E-state index contributed by atoms with van der Waals surface area (Å²) >= 11 is 7.53. The molecule has 0 heterocycles. The zero-order valence-corrected chi connectivity index (χ0v) is 12.0. The Kier molecular flexibility index (Phi) is 5.04. The third-order valence-corrected chi connectivity index (χ3v) is 4.18. The van der Waals surface area contributed by atoms with E-state index in [4.69, 9.17) is 16.7 Å². The molecule has 2 rings (SSSR count). The molecule has 104 valence electrons. The van der Waals surface area contributed by atoms with Crippen molar-refractivity contribution in [1.82, 2.24) is 0 Å².